The largest absolute Gasteiger partial charge is 0.480 e. The molecule has 126 valence electrons. The molecule has 1 N–H and O–H groups in total. The second-order valence-electron chi connectivity index (χ2n) is 6.10. The number of aryl methyl sites for hydroxylation is 1. The molecule has 0 bridgehead atoms. The molecule has 1 atom stereocenters. The van der Waals surface area contributed by atoms with Gasteiger partial charge < -0.3 is 14.6 Å². The number of imidazole rings is 1. The molecule has 0 saturated heterocycles. The van der Waals surface area contributed by atoms with E-state index in [9.17, 15) is 14.7 Å². The van der Waals surface area contributed by atoms with E-state index in [-0.39, 0.29) is 12.5 Å². The lowest BCUT2D eigenvalue weighted by atomic mass is 10.1. The fourth-order valence-electron chi connectivity index (χ4n) is 3.03. The fraction of sp³-hybridized carbons (Fsp3) is 0.389. The Morgan fingerprint density at radius 2 is 2.04 bits per heavy atom. The number of fused-ring (bicyclic) bond motifs is 1. The Labute approximate surface area is 140 Å². The minimum Gasteiger partial charge on any atom is -0.480 e. The highest BCUT2D eigenvalue weighted by Gasteiger charge is 2.30. The van der Waals surface area contributed by atoms with Crippen molar-refractivity contribution in [2.45, 2.75) is 45.3 Å². The number of carboxylic acids is 1. The van der Waals surface area contributed by atoms with Crippen molar-refractivity contribution in [1.29, 1.82) is 0 Å². The zero-order valence-corrected chi connectivity index (χ0v) is 13.7. The number of hydrogen-bond donors (Lipinski definition) is 1. The molecule has 24 heavy (non-hydrogen) atoms. The molecule has 3 rings (SSSR count). The monoisotopic (exact) mass is 327 g/mol. The van der Waals surface area contributed by atoms with Crippen LogP contribution in [0.3, 0.4) is 0 Å². The van der Waals surface area contributed by atoms with Gasteiger partial charge in [0.15, 0.2) is 0 Å². The number of carbonyl (C=O) groups is 2. The van der Waals surface area contributed by atoms with Crippen molar-refractivity contribution < 1.29 is 14.7 Å². The Bertz CT molecular complexity index is 739. The van der Waals surface area contributed by atoms with Gasteiger partial charge in [-0.1, -0.05) is 30.3 Å². The summed E-state index contributed by atoms with van der Waals surface area (Å²) in [5.41, 5.74) is 1.38. The molecule has 1 amide bonds. The molecule has 6 nitrogen and oxygen atoms in total. The molecule has 0 aliphatic carbocycles. The van der Waals surface area contributed by atoms with Gasteiger partial charge in [0.05, 0.1) is 6.20 Å². The van der Waals surface area contributed by atoms with Crippen molar-refractivity contribution in [2.24, 2.45) is 0 Å². The molecule has 0 fully saturated rings. The van der Waals surface area contributed by atoms with E-state index in [1.807, 2.05) is 34.9 Å². The Morgan fingerprint density at radius 3 is 2.75 bits per heavy atom. The summed E-state index contributed by atoms with van der Waals surface area (Å²) in [4.78, 5) is 30.2. The van der Waals surface area contributed by atoms with E-state index < -0.39 is 12.0 Å². The van der Waals surface area contributed by atoms with E-state index in [1.165, 1.54) is 11.8 Å². The molecule has 1 aliphatic heterocycles. The first-order valence-corrected chi connectivity index (χ1v) is 8.20. The Hall–Kier alpha value is -2.63. The van der Waals surface area contributed by atoms with E-state index in [1.54, 1.807) is 6.20 Å². The maximum absolute atomic E-state index is 13.0. The summed E-state index contributed by atoms with van der Waals surface area (Å²) in [7, 11) is 0. The summed E-state index contributed by atoms with van der Waals surface area (Å²) >= 11 is 0. The van der Waals surface area contributed by atoms with Crippen LogP contribution in [-0.2, 0) is 24.3 Å². The molecule has 1 aliphatic rings. The van der Waals surface area contributed by atoms with Gasteiger partial charge in [0.1, 0.15) is 17.6 Å². The maximum atomic E-state index is 13.0. The Balaban J connectivity index is 1.91. The van der Waals surface area contributed by atoms with Gasteiger partial charge in [-0.05, 0) is 25.3 Å². The summed E-state index contributed by atoms with van der Waals surface area (Å²) in [6, 6.07) is 8.52. The molecule has 0 spiro atoms. The highest BCUT2D eigenvalue weighted by Crippen LogP contribution is 2.19. The van der Waals surface area contributed by atoms with Gasteiger partial charge in [-0.15, -0.1) is 0 Å². The second-order valence-corrected chi connectivity index (χ2v) is 6.10. The first kappa shape index (κ1) is 16.2. The van der Waals surface area contributed by atoms with Crippen LogP contribution in [0.25, 0.3) is 0 Å². The highest BCUT2D eigenvalue weighted by atomic mass is 16.4. The maximum Gasteiger partial charge on any atom is 0.326 e. The summed E-state index contributed by atoms with van der Waals surface area (Å²) in [5, 5.41) is 9.40. The van der Waals surface area contributed by atoms with Gasteiger partial charge in [0.25, 0.3) is 5.91 Å². The number of carboxylic acid groups (broad SMARTS) is 1. The molecule has 6 heteroatoms. The van der Waals surface area contributed by atoms with Crippen LogP contribution < -0.4 is 0 Å². The first-order chi connectivity index (χ1) is 11.6. The molecule has 1 aromatic carbocycles. The van der Waals surface area contributed by atoms with Crippen LogP contribution in [0, 0.1) is 0 Å². The van der Waals surface area contributed by atoms with Crippen molar-refractivity contribution in [3.8, 4) is 0 Å². The normalized spacial score (nSPS) is 14.7. The Kier molecular flexibility index (Phi) is 4.64. The minimum atomic E-state index is -1.02. The molecule has 1 aromatic heterocycles. The van der Waals surface area contributed by atoms with Crippen molar-refractivity contribution >= 4 is 11.9 Å². The number of aromatic nitrogens is 2. The number of benzene rings is 1. The fourth-order valence-corrected chi connectivity index (χ4v) is 3.03. The third-order valence-electron chi connectivity index (χ3n) is 4.47. The third-order valence-corrected chi connectivity index (χ3v) is 4.47. The second kappa shape index (κ2) is 6.86. The average molecular weight is 327 g/mol. The molecule has 0 radical (unpaired) electrons. The molecule has 0 saturated carbocycles. The number of rotatable bonds is 5. The van der Waals surface area contributed by atoms with Crippen molar-refractivity contribution in [1.82, 2.24) is 14.5 Å². The van der Waals surface area contributed by atoms with Crippen LogP contribution >= 0.6 is 0 Å². The molecule has 2 heterocycles. The Morgan fingerprint density at radius 1 is 1.29 bits per heavy atom. The topological polar surface area (TPSA) is 75.4 Å². The van der Waals surface area contributed by atoms with Crippen molar-refractivity contribution in [3.63, 3.8) is 0 Å². The molecular formula is C18H21N3O3. The van der Waals surface area contributed by atoms with Gasteiger partial charge >= 0.3 is 5.97 Å². The quantitative estimate of drug-likeness (QED) is 0.914. The number of carbonyl (C=O) groups excluding carboxylic acids is 1. The summed E-state index contributed by atoms with van der Waals surface area (Å²) < 4.78 is 1.93. The number of aliphatic carboxylic acids is 1. The minimum absolute atomic E-state index is 0.258. The zero-order chi connectivity index (χ0) is 17.1. The highest BCUT2D eigenvalue weighted by molar-refractivity contribution is 5.95. The number of nitrogens with zero attached hydrogens (tertiary/aromatic N) is 3. The van der Waals surface area contributed by atoms with Crippen LogP contribution in [0.15, 0.2) is 36.5 Å². The first-order valence-electron chi connectivity index (χ1n) is 8.20. The predicted octanol–water partition coefficient (Wildman–Crippen LogP) is 2.33. The van der Waals surface area contributed by atoms with E-state index in [2.05, 4.69) is 4.98 Å². The standard InChI is InChI=1S/C18H21N3O3/c1-13(18(23)24)21(12-14-7-3-2-4-8-14)17(22)15-11-19-16-9-5-6-10-20(15)16/h2-4,7-8,11,13H,5-6,9-10,12H2,1H3,(H,23,24). The van der Waals surface area contributed by atoms with Gasteiger partial charge in [-0.2, -0.15) is 0 Å². The van der Waals surface area contributed by atoms with E-state index in [0.29, 0.717) is 5.69 Å². The van der Waals surface area contributed by atoms with E-state index in [4.69, 9.17) is 0 Å². The van der Waals surface area contributed by atoms with Crippen LogP contribution in [0.4, 0.5) is 0 Å². The van der Waals surface area contributed by atoms with Crippen molar-refractivity contribution in [2.75, 3.05) is 0 Å². The van der Waals surface area contributed by atoms with Crippen LogP contribution in [0.2, 0.25) is 0 Å². The summed E-state index contributed by atoms with van der Waals surface area (Å²) in [5.74, 6) is -0.390. The lowest BCUT2D eigenvalue weighted by Gasteiger charge is -2.27. The van der Waals surface area contributed by atoms with Crippen molar-refractivity contribution in [3.05, 3.63) is 53.6 Å². The van der Waals surface area contributed by atoms with Crippen LogP contribution in [0.5, 0.6) is 0 Å². The number of hydrogen-bond acceptors (Lipinski definition) is 3. The SMILES string of the molecule is CC(C(=O)O)N(Cc1ccccc1)C(=O)c1cnc2n1CCCC2. The third kappa shape index (κ3) is 3.18. The smallest absolute Gasteiger partial charge is 0.326 e. The van der Waals surface area contributed by atoms with E-state index in [0.717, 1.165) is 37.2 Å². The zero-order valence-electron chi connectivity index (χ0n) is 13.7. The number of amides is 1. The summed E-state index contributed by atoms with van der Waals surface area (Å²) in [6.07, 6.45) is 4.52. The molecule has 1 unspecified atom stereocenters. The van der Waals surface area contributed by atoms with Gasteiger partial charge in [-0.3, -0.25) is 4.79 Å². The van der Waals surface area contributed by atoms with Gasteiger partial charge in [-0.25, -0.2) is 9.78 Å². The lowest BCUT2D eigenvalue weighted by Crippen LogP contribution is -2.43. The summed E-state index contributed by atoms with van der Waals surface area (Å²) in [6.45, 7) is 2.56. The average Bonchev–Trinajstić information content (AvgIpc) is 3.03. The molecular weight excluding hydrogens is 306 g/mol. The van der Waals surface area contributed by atoms with Gasteiger partial charge in [0, 0.05) is 19.5 Å². The lowest BCUT2D eigenvalue weighted by molar-refractivity contribution is -0.141. The van der Waals surface area contributed by atoms with Crippen LogP contribution in [0.1, 0.15) is 41.6 Å². The van der Waals surface area contributed by atoms with Crippen LogP contribution in [-0.4, -0.2) is 37.5 Å². The molecule has 2 aromatic rings. The predicted molar refractivity (Wildman–Crippen MR) is 88.6 cm³/mol. The van der Waals surface area contributed by atoms with E-state index >= 15 is 0 Å². The van der Waals surface area contributed by atoms with Gasteiger partial charge in [0.2, 0.25) is 0 Å².